The third kappa shape index (κ3) is 6.20. The molecule has 1 amide bonds. The van der Waals surface area contributed by atoms with Crippen molar-refractivity contribution in [1.29, 1.82) is 0 Å². The average Bonchev–Trinajstić information content (AvgIpc) is 2.85. The van der Waals surface area contributed by atoms with Crippen LogP contribution in [0.1, 0.15) is 30.5 Å². The molecule has 8 nitrogen and oxygen atoms in total. The van der Waals surface area contributed by atoms with Crippen LogP contribution < -0.4 is 9.62 Å². The number of hydrogen-bond donors (Lipinski definition) is 1. The van der Waals surface area contributed by atoms with Crippen LogP contribution in [0.3, 0.4) is 0 Å². The fourth-order valence-corrected chi connectivity index (χ4v) is 6.83. The van der Waals surface area contributed by atoms with Crippen LogP contribution in [0.2, 0.25) is 0 Å². The van der Waals surface area contributed by atoms with Crippen molar-refractivity contribution >= 4 is 37.3 Å². The zero-order valence-corrected chi connectivity index (χ0v) is 23.4. The van der Waals surface area contributed by atoms with E-state index in [-0.39, 0.29) is 9.79 Å². The maximum Gasteiger partial charge on any atom is 0.264 e. The Morgan fingerprint density at radius 1 is 0.757 bits per heavy atom. The highest BCUT2D eigenvalue weighted by Gasteiger charge is 2.29. The summed E-state index contributed by atoms with van der Waals surface area (Å²) in [7, 11) is -7.68. The number of nitrogens with one attached hydrogen (secondary N) is 1. The molecule has 10 heteroatoms. The quantitative estimate of drug-likeness (QED) is 0.406. The Bertz CT molecular complexity index is 1460. The van der Waals surface area contributed by atoms with E-state index >= 15 is 0 Å². The number of carbonyl (C=O) groups is 1. The van der Waals surface area contributed by atoms with Crippen LogP contribution in [0, 0.1) is 20.8 Å². The Morgan fingerprint density at radius 3 is 1.86 bits per heavy atom. The number of nitrogens with zero attached hydrogens (tertiary/aromatic N) is 2. The highest BCUT2D eigenvalue weighted by molar-refractivity contribution is 7.92. The molecule has 3 aromatic carbocycles. The van der Waals surface area contributed by atoms with Gasteiger partial charge in [-0.15, -0.1) is 0 Å². The van der Waals surface area contributed by atoms with Gasteiger partial charge in [0.05, 0.1) is 15.5 Å². The van der Waals surface area contributed by atoms with Crippen LogP contribution >= 0.6 is 0 Å². The van der Waals surface area contributed by atoms with Crippen LogP contribution in [0.25, 0.3) is 0 Å². The lowest BCUT2D eigenvalue weighted by molar-refractivity contribution is -0.114. The van der Waals surface area contributed by atoms with E-state index in [0.29, 0.717) is 24.5 Å². The highest BCUT2D eigenvalue weighted by Crippen LogP contribution is 2.29. The van der Waals surface area contributed by atoms with E-state index in [4.69, 9.17) is 0 Å². The van der Waals surface area contributed by atoms with E-state index in [9.17, 15) is 21.6 Å². The van der Waals surface area contributed by atoms with Crippen molar-refractivity contribution in [3.63, 3.8) is 0 Å². The summed E-state index contributed by atoms with van der Waals surface area (Å²) in [6.07, 6.45) is 0. The Morgan fingerprint density at radius 2 is 1.30 bits per heavy atom. The van der Waals surface area contributed by atoms with Gasteiger partial charge in [0.1, 0.15) is 6.54 Å². The minimum absolute atomic E-state index is 0.0813. The molecule has 1 N–H and O–H groups in total. The number of aryl methyl sites for hydroxylation is 2. The Labute approximate surface area is 220 Å². The topological polar surface area (TPSA) is 104 Å². The van der Waals surface area contributed by atoms with Gasteiger partial charge in [-0.3, -0.25) is 9.10 Å². The summed E-state index contributed by atoms with van der Waals surface area (Å²) in [4.78, 5) is 13.3. The molecular formula is C27H33N3O5S2. The van der Waals surface area contributed by atoms with E-state index in [1.807, 2.05) is 26.8 Å². The van der Waals surface area contributed by atoms with Crippen molar-refractivity contribution in [3.05, 3.63) is 83.4 Å². The number of hydrogen-bond acceptors (Lipinski definition) is 5. The van der Waals surface area contributed by atoms with Crippen molar-refractivity contribution in [2.45, 2.75) is 44.4 Å². The molecule has 0 saturated carbocycles. The second-order valence-electron chi connectivity index (χ2n) is 8.71. The fourth-order valence-electron chi connectivity index (χ4n) is 3.90. The van der Waals surface area contributed by atoms with E-state index in [1.165, 1.54) is 40.7 Å². The molecule has 0 fully saturated rings. The number of rotatable bonds is 10. The van der Waals surface area contributed by atoms with Gasteiger partial charge in [-0.1, -0.05) is 43.7 Å². The van der Waals surface area contributed by atoms with Crippen LogP contribution in [0.15, 0.2) is 76.5 Å². The standard InChI is InChI=1S/C27H33N3O5S2/c1-6-29(7-2)36(32,33)24-17-13-23(14-18-24)28-27(31)19-30(26-10-8-9-21(4)22(26)5)37(34,35)25-15-11-20(3)12-16-25/h8-18H,6-7,19H2,1-5H3,(H,28,31). The van der Waals surface area contributed by atoms with E-state index in [2.05, 4.69) is 5.32 Å². The summed E-state index contributed by atoms with van der Waals surface area (Å²) in [5.41, 5.74) is 3.33. The predicted octanol–water partition coefficient (Wildman–Crippen LogP) is 4.48. The lowest BCUT2D eigenvalue weighted by Gasteiger charge is -2.26. The molecular weight excluding hydrogens is 510 g/mol. The first-order chi connectivity index (χ1) is 17.4. The fraction of sp³-hybridized carbons (Fsp3) is 0.296. The van der Waals surface area contributed by atoms with Crippen molar-refractivity contribution in [3.8, 4) is 0 Å². The third-order valence-electron chi connectivity index (χ3n) is 6.22. The summed E-state index contributed by atoms with van der Waals surface area (Å²) in [6, 6.07) is 17.6. The Balaban J connectivity index is 1.90. The summed E-state index contributed by atoms with van der Waals surface area (Å²) in [5, 5.41) is 2.69. The van der Waals surface area contributed by atoms with E-state index in [0.717, 1.165) is 21.0 Å². The van der Waals surface area contributed by atoms with Crippen LogP contribution in [-0.4, -0.2) is 46.7 Å². The molecule has 0 aromatic heterocycles. The van der Waals surface area contributed by atoms with Gasteiger partial charge in [-0.25, -0.2) is 16.8 Å². The van der Waals surface area contributed by atoms with Gasteiger partial charge < -0.3 is 5.32 Å². The number of sulfonamides is 2. The normalized spacial score (nSPS) is 11.9. The predicted molar refractivity (Wildman–Crippen MR) is 147 cm³/mol. The number of benzene rings is 3. The molecule has 0 radical (unpaired) electrons. The molecule has 198 valence electrons. The summed E-state index contributed by atoms with van der Waals surface area (Å²) >= 11 is 0. The summed E-state index contributed by atoms with van der Waals surface area (Å²) < 4.78 is 55.2. The van der Waals surface area contributed by atoms with Crippen LogP contribution in [0.4, 0.5) is 11.4 Å². The molecule has 0 bridgehead atoms. The van der Waals surface area contributed by atoms with Crippen molar-refractivity contribution in [2.75, 3.05) is 29.3 Å². The van der Waals surface area contributed by atoms with Crippen molar-refractivity contribution < 1.29 is 21.6 Å². The lowest BCUT2D eigenvalue weighted by Crippen LogP contribution is -2.38. The van der Waals surface area contributed by atoms with Gasteiger partial charge in [0.15, 0.2) is 0 Å². The van der Waals surface area contributed by atoms with Crippen molar-refractivity contribution in [1.82, 2.24) is 4.31 Å². The van der Waals surface area contributed by atoms with Gasteiger partial charge in [-0.05, 0) is 74.4 Å². The molecule has 0 spiro atoms. The largest absolute Gasteiger partial charge is 0.325 e. The number of carbonyl (C=O) groups excluding carboxylic acids is 1. The lowest BCUT2D eigenvalue weighted by atomic mass is 10.1. The monoisotopic (exact) mass is 543 g/mol. The Hall–Kier alpha value is -3.21. The number of amides is 1. The minimum atomic E-state index is -4.05. The van der Waals surface area contributed by atoms with E-state index < -0.39 is 32.5 Å². The first kappa shape index (κ1) is 28.4. The highest BCUT2D eigenvalue weighted by atomic mass is 32.2. The first-order valence-electron chi connectivity index (χ1n) is 12.0. The summed E-state index contributed by atoms with van der Waals surface area (Å²) in [6.45, 7) is 9.33. The first-order valence-corrected chi connectivity index (χ1v) is 14.9. The molecule has 0 heterocycles. The molecule has 0 aliphatic rings. The second kappa shape index (κ2) is 11.5. The van der Waals surface area contributed by atoms with Gasteiger partial charge in [-0.2, -0.15) is 4.31 Å². The smallest absolute Gasteiger partial charge is 0.264 e. The molecule has 0 saturated heterocycles. The zero-order chi connectivity index (χ0) is 27.4. The van der Waals surface area contributed by atoms with Gasteiger partial charge >= 0.3 is 0 Å². The second-order valence-corrected chi connectivity index (χ2v) is 12.5. The van der Waals surface area contributed by atoms with E-state index in [1.54, 1.807) is 38.1 Å². The zero-order valence-electron chi connectivity index (χ0n) is 21.7. The molecule has 37 heavy (non-hydrogen) atoms. The maximum absolute atomic E-state index is 13.6. The van der Waals surface area contributed by atoms with Crippen molar-refractivity contribution in [2.24, 2.45) is 0 Å². The SMILES string of the molecule is CCN(CC)S(=O)(=O)c1ccc(NC(=O)CN(c2cccc(C)c2C)S(=O)(=O)c2ccc(C)cc2)cc1. The molecule has 0 aliphatic heterocycles. The van der Waals surface area contributed by atoms with Gasteiger partial charge in [0.25, 0.3) is 10.0 Å². The molecule has 0 atom stereocenters. The molecule has 0 unspecified atom stereocenters. The van der Waals surface area contributed by atoms with Crippen LogP contribution in [-0.2, 0) is 24.8 Å². The molecule has 3 aromatic rings. The number of anilines is 2. The minimum Gasteiger partial charge on any atom is -0.325 e. The third-order valence-corrected chi connectivity index (χ3v) is 10.1. The average molecular weight is 544 g/mol. The Kier molecular flexibility index (Phi) is 8.78. The van der Waals surface area contributed by atoms with Gasteiger partial charge in [0, 0.05) is 18.8 Å². The summed E-state index contributed by atoms with van der Waals surface area (Å²) in [5.74, 6) is -0.559. The maximum atomic E-state index is 13.6. The van der Waals surface area contributed by atoms with Gasteiger partial charge in [0.2, 0.25) is 15.9 Å². The van der Waals surface area contributed by atoms with Crippen LogP contribution in [0.5, 0.6) is 0 Å². The molecule has 0 aliphatic carbocycles. The molecule has 3 rings (SSSR count).